The van der Waals surface area contributed by atoms with Crippen LogP contribution in [0.25, 0.3) is 6.08 Å². The van der Waals surface area contributed by atoms with Crippen molar-refractivity contribution in [2.45, 2.75) is 45.3 Å². The van der Waals surface area contributed by atoms with Gasteiger partial charge in [-0.3, -0.25) is 0 Å². The quantitative estimate of drug-likeness (QED) is 0.920. The summed E-state index contributed by atoms with van der Waals surface area (Å²) in [4.78, 5) is 5.06. The first-order valence-corrected chi connectivity index (χ1v) is 8.61. The molecule has 0 unspecified atom stereocenters. The van der Waals surface area contributed by atoms with E-state index < -0.39 is 5.60 Å². The van der Waals surface area contributed by atoms with Gasteiger partial charge < -0.3 is 5.11 Å². The van der Waals surface area contributed by atoms with Gasteiger partial charge in [0, 0.05) is 4.88 Å². The molecule has 22 heavy (non-hydrogen) atoms. The van der Waals surface area contributed by atoms with Gasteiger partial charge in [-0.05, 0) is 48.5 Å². The topological polar surface area (TPSA) is 50.9 Å². The van der Waals surface area contributed by atoms with Crippen molar-refractivity contribution in [2.75, 3.05) is 0 Å². The molecule has 4 nitrogen and oxygen atoms in total. The number of rotatable bonds is 3. The lowest BCUT2D eigenvalue weighted by molar-refractivity contribution is -0.0691. The molecule has 3 rings (SSSR count). The van der Waals surface area contributed by atoms with Crippen molar-refractivity contribution in [3.05, 3.63) is 39.6 Å². The van der Waals surface area contributed by atoms with Crippen LogP contribution in [0.15, 0.2) is 30.4 Å². The lowest BCUT2D eigenvalue weighted by atomic mass is 9.62. The molecule has 2 aromatic rings. The molecule has 0 aromatic carbocycles. The Bertz CT molecular complexity index is 677. The number of aromatic nitrogens is 3. The van der Waals surface area contributed by atoms with Crippen LogP contribution in [0.3, 0.4) is 0 Å². The highest BCUT2D eigenvalue weighted by Gasteiger charge is 2.48. The third-order valence-corrected chi connectivity index (χ3v) is 5.84. The van der Waals surface area contributed by atoms with Crippen LogP contribution < -0.4 is 0 Å². The third kappa shape index (κ3) is 2.85. The summed E-state index contributed by atoms with van der Waals surface area (Å²) in [6.45, 7) is 4.67. The fourth-order valence-electron chi connectivity index (χ4n) is 3.20. The van der Waals surface area contributed by atoms with Crippen LogP contribution in [0, 0.1) is 5.41 Å². The van der Waals surface area contributed by atoms with E-state index in [1.807, 2.05) is 12.1 Å². The van der Waals surface area contributed by atoms with E-state index in [1.165, 1.54) is 17.7 Å². The van der Waals surface area contributed by atoms with Crippen LogP contribution in [0.4, 0.5) is 0 Å². The van der Waals surface area contributed by atoms with Gasteiger partial charge in [0.25, 0.3) is 0 Å². The Labute approximate surface area is 139 Å². The largest absolute Gasteiger partial charge is 0.383 e. The molecule has 2 aromatic heterocycles. The standard InChI is InChI=1S/C16H20ClN3OS/c1-15(2)7-3-4-12(8-13-5-6-14(17)22-13)16(15,21)9-20-11-18-10-19-20/h5-6,8,10-11,21H,3-4,7,9H2,1-2H3/b12-8+/t16-/m1/s1. The molecular formula is C16H20ClN3OS. The number of nitrogens with zero attached hydrogens (tertiary/aromatic N) is 3. The lowest BCUT2D eigenvalue weighted by Crippen LogP contribution is -2.52. The van der Waals surface area contributed by atoms with E-state index in [2.05, 4.69) is 30.0 Å². The molecule has 0 aliphatic heterocycles. The van der Waals surface area contributed by atoms with Gasteiger partial charge in [0.1, 0.15) is 18.3 Å². The number of halogens is 1. The first-order valence-electron chi connectivity index (χ1n) is 7.42. The van der Waals surface area contributed by atoms with Gasteiger partial charge in [-0.2, -0.15) is 5.10 Å². The maximum atomic E-state index is 11.5. The second kappa shape index (κ2) is 5.80. The summed E-state index contributed by atoms with van der Waals surface area (Å²) in [5.41, 5.74) is -0.0998. The molecule has 0 saturated heterocycles. The normalized spacial score (nSPS) is 26.5. The summed E-state index contributed by atoms with van der Waals surface area (Å²) in [6.07, 6.45) is 8.21. The average Bonchev–Trinajstić information content (AvgIpc) is 3.07. The zero-order valence-electron chi connectivity index (χ0n) is 12.8. The monoisotopic (exact) mass is 337 g/mol. The van der Waals surface area contributed by atoms with E-state index in [9.17, 15) is 5.11 Å². The first-order chi connectivity index (χ1) is 10.4. The fourth-order valence-corrected chi connectivity index (χ4v) is 4.23. The molecule has 1 aliphatic rings. The van der Waals surface area contributed by atoms with Gasteiger partial charge in [0.15, 0.2) is 0 Å². The second-order valence-electron chi connectivity index (χ2n) is 6.50. The van der Waals surface area contributed by atoms with Crippen molar-refractivity contribution in [3.8, 4) is 0 Å². The Kier molecular flexibility index (Phi) is 4.14. The summed E-state index contributed by atoms with van der Waals surface area (Å²) in [7, 11) is 0. The maximum Gasteiger partial charge on any atom is 0.137 e. The zero-order valence-corrected chi connectivity index (χ0v) is 14.4. The summed E-state index contributed by atoms with van der Waals surface area (Å²) in [5, 5.41) is 15.7. The van der Waals surface area contributed by atoms with Gasteiger partial charge in [0.2, 0.25) is 0 Å². The molecule has 0 radical (unpaired) electrons. The van der Waals surface area contributed by atoms with Crippen LogP contribution in [0.2, 0.25) is 4.34 Å². The smallest absolute Gasteiger partial charge is 0.137 e. The highest BCUT2D eigenvalue weighted by molar-refractivity contribution is 7.17. The van der Waals surface area contributed by atoms with Gasteiger partial charge in [0.05, 0.1) is 10.9 Å². The van der Waals surface area contributed by atoms with E-state index in [0.29, 0.717) is 6.54 Å². The van der Waals surface area contributed by atoms with Crippen LogP contribution in [-0.2, 0) is 6.54 Å². The maximum absolute atomic E-state index is 11.5. The molecule has 2 heterocycles. The Balaban J connectivity index is 2.00. The lowest BCUT2D eigenvalue weighted by Gasteiger charge is -2.48. The van der Waals surface area contributed by atoms with Crippen LogP contribution in [0.5, 0.6) is 0 Å². The fraction of sp³-hybridized carbons (Fsp3) is 0.500. The number of aliphatic hydroxyl groups is 1. The van der Waals surface area contributed by atoms with Crippen molar-refractivity contribution in [1.82, 2.24) is 14.8 Å². The van der Waals surface area contributed by atoms with Crippen molar-refractivity contribution < 1.29 is 5.11 Å². The summed E-state index contributed by atoms with van der Waals surface area (Å²) >= 11 is 7.56. The molecule has 0 bridgehead atoms. The molecule has 118 valence electrons. The summed E-state index contributed by atoms with van der Waals surface area (Å²) in [6, 6.07) is 3.89. The number of thiophene rings is 1. The molecule has 0 spiro atoms. The Hall–Kier alpha value is -1.17. The zero-order chi connectivity index (χ0) is 15.8. The Morgan fingerprint density at radius 2 is 2.27 bits per heavy atom. The number of hydrogen-bond acceptors (Lipinski definition) is 4. The highest BCUT2D eigenvalue weighted by atomic mass is 35.5. The molecule has 1 aliphatic carbocycles. The Morgan fingerprint density at radius 1 is 1.45 bits per heavy atom. The van der Waals surface area contributed by atoms with Crippen LogP contribution >= 0.6 is 22.9 Å². The minimum Gasteiger partial charge on any atom is -0.383 e. The van der Waals surface area contributed by atoms with Gasteiger partial charge in [-0.15, -0.1) is 11.3 Å². The van der Waals surface area contributed by atoms with Crippen molar-refractivity contribution in [3.63, 3.8) is 0 Å². The van der Waals surface area contributed by atoms with Crippen LogP contribution in [-0.4, -0.2) is 25.5 Å². The number of hydrogen-bond donors (Lipinski definition) is 1. The van der Waals surface area contributed by atoms with Crippen molar-refractivity contribution in [1.29, 1.82) is 0 Å². The molecule has 0 amide bonds. The molecule has 1 N–H and O–H groups in total. The highest BCUT2D eigenvalue weighted by Crippen LogP contribution is 2.48. The molecule has 1 fully saturated rings. The van der Waals surface area contributed by atoms with Crippen LogP contribution in [0.1, 0.15) is 38.0 Å². The van der Waals surface area contributed by atoms with E-state index in [1.54, 1.807) is 11.0 Å². The molecular weight excluding hydrogens is 318 g/mol. The van der Waals surface area contributed by atoms with E-state index in [-0.39, 0.29) is 5.41 Å². The third-order valence-electron chi connectivity index (χ3n) is 4.67. The van der Waals surface area contributed by atoms with Gasteiger partial charge in [-0.25, -0.2) is 9.67 Å². The van der Waals surface area contributed by atoms with Gasteiger partial charge in [-0.1, -0.05) is 25.4 Å². The van der Waals surface area contributed by atoms with E-state index >= 15 is 0 Å². The Morgan fingerprint density at radius 3 is 2.91 bits per heavy atom. The molecule has 1 saturated carbocycles. The summed E-state index contributed by atoms with van der Waals surface area (Å²) in [5.74, 6) is 0. The van der Waals surface area contributed by atoms with E-state index in [0.717, 1.165) is 34.0 Å². The van der Waals surface area contributed by atoms with Gasteiger partial charge >= 0.3 is 0 Å². The summed E-state index contributed by atoms with van der Waals surface area (Å²) < 4.78 is 2.48. The molecule has 1 atom stereocenters. The SMILES string of the molecule is CC1(C)CCC/C(=C\c2ccc(Cl)s2)[C@]1(O)Cn1cncn1. The average molecular weight is 338 g/mol. The predicted molar refractivity (Wildman–Crippen MR) is 89.9 cm³/mol. The first kappa shape index (κ1) is 15.7. The molecule has 6 heteroatoms. The van der Waals surface area contributed by atoms with Crippen molar-refractivity contribution in [2.24, 2.45) is 5.41 Å². The minimum absolute atomic E-state index is 0.218. The second-order valence-corrected chi connectivity index (χ2v) is 8.25. The minimum atomic E-state index is -0.935. The predicted octanol–water partition coefficient (Wildman–Crippen LogP) is 4.02. The van der Waals surface area contributed by atoms with E-state index in [4.69, 9.17) is 11.6 Å². The van der Waals surface area contributed by atoms with Crippen molar-refractivity contribution >= 4 is 29.0 Å².